The van der Waals surface area contributed by atoms with Gasteiger partial charge in [-0.25, -0.2) is 8.78 Å². The second-order valence-corrected chi connectivity index (χ2v) is 8.20. The smallest absolute Gasteiger partial charge is 0.123 e. The first-order chi connectivity index (χ1) is 12.6. The molecule has 3 unspecified atom stereocenters. The summed E-state index contributed by atoms with van der Waals surface area (Å²) >= 11 is 0. The SMILES string of the molecule is Fc1ccc(CN2CC3CC(c4ccc(F)cc4)N4CCCC34C2)cc1. The van der Waals surface area contributed by atoms with Crippen molar-refractivity contribution in [3.8, 4) is 0 Å². The van der Waals surface area contributed by atoms with Crippen molar-refractivity contribution in [1.82, 2.24) is 9.80 Å². The van der Waals surface area contributed by atoms with E-state index in [1.165, 1.54) is 24.0 Å². The van der Waals surface area contributed by atoms with E-state index in [1.807, 2.05) is 24.3 Å². The van der Waals surface area contributed by atoms with Gasteiger partial charge in [0.1, 0.15) is 11.6 Å². The summed E-state index contributed by atoms with van der Waals surface area (Å²) < 4.78 is 26.5. The Hall–Kier alpha value is -1.78. The molecule has 136 valence electrons. The van der Waals surface area contributed by atoms with Gasteiger partial charge in [-0.05, 0) is 67.1 Å². The maximum Gasteiger partial charge on any atom is 0.123 e. The molecule has 2 nitrogen and oxygen atoms in total. The van der Waals surface area contributed by atoms with Crippen LogP contribution >= 0.6 is 0 Å². The van der Waals surface area contributed by atoms with E-state index >= 15 is 0 Å². The molecule has 1 spiro atoms. The number of halogens is 2. The lowest BCUT2D eigenvalue weighted by Gasteiger charge is -2.35. The lowest BCUT2D eigenvalue weighted by atomic mass is 9.86. The minimum absolute atomic E-state index is 0.159. The largest absolute Gasteiger partial charge is 0.297 e. The summed E-state index contributed by atoms with van der Waals surface area (Å²) in [7, 11) is 0. The van der Waals surface area contributed by atoms with Crippen molar-refractivity contribution in [3.05, 3.63) is 71.3 Å². The summed E-state index contributed by atoms with van der Waals surface area (Å²) in [6, 6.07) is 14.4. The molecule has 3 atom stereocenters. The van der Waals surface area contributed by atoms with E-state index in [0.29, 0.717) is 12.0 Å². The molecule has 0 amide bonds. The fourth-order valence-electron chi connectivity index (χ4n) is 5.72. The Balaban J connectivity index is 1.35. The van der Waals surface area contributed by atoms with Crippen LogP contribution in [0.3, 0.4) is 0 Å². The van der Waals surface area contributed by atoms with Crippen LogP contribution in [-0.4, -0.2) is 35.0 Å². The van der Waals surface area contributed by atoms with Crippen LogP contribution in [0.2, 0.25) is 0 Å². The van der Waals surface area contributed by atoms with Crippen LogP contribution in [0.25, 0.3) is 0 Å². The summed E-state index contributed by atoms with van der Waals surface area (Å²) in [6.45, 7) is 4.23. The number of nitrogens with zero attached hydrogens (tertiary/aromatic N) is 2. The molecule has 3 aliphatic rings. The van der Waals surface area contributed by atoms with Gasteiger partial charge in [-0.3, -0.25) is 9.80 Å². The molecule has 3 fully saturated rings. The lowest BCUT2D eigenvalue weighted by molar-refractivity contribution is 0.131. The minimum Gasteiger partial charge on any atom is -0.297 e. The van der Waals surface area contributed by atoms with Gasteiger partial charge in [0.2, 0.25) is 0 Å². The first kappa shape index (κ1) is 16.4. The molecule has 3 aliphatic heterocycles. The number of hydrogen-bond acceptors (Lipinski definition) is 2. The number of hydrogen-bond donors (Lipinski definition) is 0. The van der Waals surface area contributed by atoms with E-state index in [-0.39, 0.29) is 17.2 Å². The quantitative estimate of drug-likeness (QED) is 0.807. The maximum absolute atomic E-state index is 13.3. The molecule has 2 aromatic rings. The summed E-state index contributed by atoms with van der Waals surface area (Å²) in [6.07, 6.45) is 3.67. The Morgan fingerprint density at radius 1 is 0.962 bits per heavy atom. The summed E-state index contributed by atoms with van der Waals surface area (Å²) in [5.74, 6) is 0.337. The molecule has 5 rings (SSSR count). The Bertz CT molecular complexity index is 789. The van der Waals surface area contributed by atoms with E-state index in [9.17, 15) is 8.78 Å². The molecule has 0 aromatic heterocycles. The number of rotatable bonds is 3. The zero-order chi connectivity index (χ0) is 17.7. The first-order valence-corrected chi connectivity index (χ1v) is 9.63. The highest BCUT2D eigenvalue weighted by atomic mass is 19.1. The Labute approximate surface area is 153 Å². The summed E-state index contributed by atoms with van der Waals surface area (Å²) in [5, 5.41) is 0. The molecular formula is C22H24F2N2. The van der Waals surface area contributed by atoms with Gasteiger partial charge in [0.25, 0.3) is 0 Å². The highest BCUT2D eigenvalue weighted by Gasteiger charge is 2.59. The van der Waals surface area contributed by atoms with E-state index in [4.69, 9.17) is 0 Å². The van der Waals surface area contributed by atoms with E-state index in [0.717, 1.165) is 32.6 Å². The molecule has 4 heteroatoms. The van der Waals surface area contributed by atoms with Gasteiger partial charge < -0.3 is 0 Å². The average Bonchev–Trinajstić information content (AvgIpc) is 3.26. The third-order valence-electron chi connectivity index (χ3n) is 6.77. The number of likely N-dealkylation sites (tertiary alicyclic amines) is 1. The molecule has 3 heterocycles. The van der Waals surface area contributed by atoms with Crippen LogP contribution in [0, 0.1) is 17.6 Å². The fourth-order valence-corrected chi connectivity index (χ4v) is 5.72. The van der Waals surface area contributed by atoms with Gasteiger partial charge in [-0.1, -0.05) is 24.3 Å². The molecule has 0 bridgehead atoms. The minimum atomic E-state index is -0.172. The predicted molar refractivity (Wildman–Crippen MR) is 97.6 cm³/mol. The monoisotopic (exact) mass is 354 g/mol. The second-order valence-electron chi connectivity index (χ2n) is 8.20. The van der Waals surface area contributed by atoms with Gasteiger partial charge in [0.05, 0.1) is 0 Å². The van der Waals surface area contributed by atoms with Gasteiger partial charge in [-0.15, -0.1) is 0 Å². The fraction of sp³-hybridized carbons (Fsp3) is 0.455. The van der Waals surface area contributed by atoms with Crippen molar-refractivity contribution in [3.63, 3.8) is 0 Å². The number of benzene rings is 2. The average molecular weight is 354 g/mol. The van der Waals surface area contributed by atoms with Crippen molar-refractivity contribution in [2.45, 2.75) is 37.4 Å². The van der Waals surface area contributed by atoms with Gasteiger partial charge >= 0.3 is 0 Å². The molecule has 2 aromatic carbocycles. The van der Waals surface area contributed by atoms with Gasteiger partial charge in [0.15, 0.2) is 0 Å². The van der Waals surface area contributed by atoms with Crippen LogP contribution in [0.1, 0.15) is 36.4 Å². The van der Waals surface area contributed by atoms with E-state index < -0.39 is 0 Å². The molecule has 0 N–H and O–H groups in total. The predicted octanol–water partition coefficient (Wildman–Crippen LogP) is 4.38. The van der Waals surface area contributed by atoms with Crippen LogP contribution < -0.4 is 0 Å². The highest BCUT2D eigenvalue weighted by Crippen LogP contribution is 2.55. The Kier molecular flexibility index (Phi) is 3.87. The molecule has 3 saturated heterocycles. The molecular weight excluding hydrogens is 330 g/mol. The van der Waals surface area contributed by atoms with Crippen LogP contribution in [-0.2, 0) is 6.54 Å². The third-order valence-corrected chi connectivity index (χ3v) is 6.77. The lowest BCUT2D eigenvalue weighted by Crippen LogP contribution is -2.45. The van der Waals surface area contributed by atoms with Crippen molar-refractivity contribution in [2.75, 3.05) is 19.6 Å². The normalized spacial score (nSPS) is 31.3. The van der Waals surface area contributed by atoms with Crippen molar-refractivity contribution < 1.29 is 8.78 Å². The standard InChI is InChI=1S/C22H24F2N2/c23-19-6-2-16(3-7-19)13-25-14-18-12-21(17-4-8-20(24)9-5-17)26-11-1-10-22(18,26)15-25/h2-9,18,21H,1,10-15H2. The summed E-state index contributed by atoms with van der Waals surface area (Å²) in [5.41, 5.74) is 2.72. The Morgan fingerprint density at radius 2 is 1.65 bits per heavy atom. The molecule has 0 radical (unpaired) electrons. The first-order valence-electron chi connectivity index (χ1n) is 9.63. The maximum atomic E-state index is 13.3. The Morgan fingerprint density at radius 3 is 2.38 bits per heavy atom. The molecule has 0 aliphatic carbocycles. The topological polar surface area (TPSA) is 6.48 Å². The van der Waals surface area contributed by atoms with Crippen LogP contribution in [0.4, 0.5) is 8.78 Å². The van der Waals surface area contributed by atoms with E-state index in [1.54, 1.807) is 24.3 Å². The molecule has 26 heavy (non-hydrogen) atoms. The second kappa shape index (κ2) is 6.14. The van der Waals surface area contributed by atoms with E-state index in [2.05, 4.69) is 9.80 Å². The van der Waals surface area contributed by atoms with Gasteiger partial charge in [-0.2, -0.15) is 0 Å². The van der Waals surface area contributed by atoms with Crippen molar-refractivity contribution in [1.29, 1.82) is 0 Å². The van der Waals surface area contributed by atoms with Crippen molar-refractivity contribution in [2.24, 2.45) is 5.92 Å². The zero-order valence-corrected chi connectivity index (χ0v) is 14.9. The van der Waals surface area contributed by atoms with Gasteiger partial charge in [0, 0.05) is 31.2 Å². The molecule has 0 saturated carbocycles. The third kappa shape index (κ3) is 2.58. The highest BCUT2D eigenvalue weighted by molar-refractivity contribution is 5.27. The van der Waals surface area contributed by atoms with Crippen LogP contribution in [0.5, 0.6) is 0 Å². The van der Waals surface area contributed by atoms with Crippen molar-refractivity contribution >= 4 is 0 Å². The van der Waals surface area contributed by atoms with Crippen LogP contribution in [0.15, 0.2) is 48.5 Å². The zero-order valence-electron chi connectivity index (χ0n) is 14.9. The summed E-state index contributed by atoms with van der Waals surface area (Å²) in [4.78, 5) is 5.24.